The highest BCUT2D eigenvalue weighted by atomic mass is 32.2. The number of allylic oxidation sites excluding steroid dienone is 1. The highest BCUT2D eigenvalue weighted by molar-refractivity contribution is 8.13. The van der Waals surface area contributed by atoms with Crippen LogP contribution in [0.4, 0.5) is 10.1 Å². The summed E-state index contributed by atoms with van der Waals surface area (Å²) in [5.74, 6) is -0.181. The normalized spacial score (nSPS) is 10.8. The molecule has 1 aromatic carbocycles. The summed E-state index contributed by atoms with van der Waals surface area (Å²) in [5, 5.41) is 10.6. The highest BCUT2D eigenvalue weighted by Gasteiger charge is 2.12. The van der Waals surface area contributed by atoms with Crippen LogP contribution in [0.25, 0.3) is 6.08 Å². The maximum Gasteiger partial charge on any atom is 0.305 e. The van der Waals surface area contributed by atoms with Crippen molar-refractivity contribution in [2.45, 2.75) is 13.3 Å². The number of hydrogen-bond donors (Lipinski definition) is 0. The number of thioether (sulfide) groups is 1. The second-order valence-corrected chi connectivity index (χ2v) is 4.77. The van der Waals surface area contributed by atoms with Gasteiger partial charge in [0.25, 0.3) is 0 Å². The van der Waals surface area contributed by atoms with E-state index in [-0.39, 0.29) is 5.12 Å². The molecular formula is C12H12FNO3S. The molecular weight excluding hydrogens is 257 g/mol. The Morgan fingerprint density at radius 1 is 1.56 bits per heavy atom. The van der Waals surface area contributed by atoms with Crippen LogP contribution in [0.2, 0.25) is 0 Å². The van der Waals surface area contributed by atoms with E-state index in [1.807, 2.05) is 0 Å². The lowest BCUT2D eigenvalue weighted by atomic mass is 10.2. The Hall–Kier alpha value is -1.69. The number of halogens is 1. The Balaban J connectivity index is 2.62. The van der Waals surface area contributed by atoms with Crippen molar-refractivity contribution in [1.82, 2.24) is 0 Å². The van der Waals surface area contributed by atoms with Gasteiger partial charge < -0.3 is 0 Å². The maximum atomic E-state index is 13.0. The van der Waals surface area contributed by atoms with E-state index in [1.54, 1.807) is 12.2 Å². The average molecular weight is 269 g/mol. The SMILES string of the molecule is CC(=O)SCCC=Cc1ccc(F)c([N+](=O)[O-])c1. The summed E-state index contributed by atoms with van der Waals surface area (Å²) < 4.78 is 13.0. The third kappa shape index (κ3) is 4.67. The van der Waals surface area contributed by atoms with E-state index in [0.717, 1.165) is 6.07 Å². The van der Waals surface area contributed by atoms with E-state index in [1.165, 1.54) is 30.8 Å². The van der Waals surface area contributed by atoms with Crippen molar-refractivity contribution < 1.29 is 14.1 Å². The molecule has 18 heavy (non-hydrogen) atoms. The van der Waals surface area contributed by atoms with Crippen molar-refractivity contribution in [2.75, 3.05) is 5.75 Å². The summed E-state index contributed by atoms with van der Waals surface area (Å²) >= 11 is 1.22. The molecule has 0 unspecified atom stereocenters. The zero-order chi connectivity index (χ0) is 13.5. The fourth-order valence-corrected chi connectivity index (χ4v) is 1.80. The highest BCUT2D eigenvalue weighted by Crippen LogP contribution is 2.19. The topological polar surface area (TPSA) is 60.2 Å². The molecule has 0 fully saturated rings. The van der Waals surface area contributed by atoms with E-state index in [9.17, 15) is 19.3 Å². The van der Waals surface area contributed by atoms with Gasteiger partial charge in [-0.05, 0) is 18.1 Å². The number of nitro groups is 1. The molecule has 0 saturated heterocycles. The lowest BCUT2D eigenvalue weighted by Crippen LogP contribution is -1.92. The van der Waals surface area contributed by atoms with Crippen LogP contribution in [0.3, 0.4) is 0 Å². The van der Waals surface area contributed by atoms with Gasteiger partial charge in [0.15, 0.2) is 5.12 Å². The minimum atomic E-state index is -0.843. The summed E-state index contributed by atoms with van der Waals surface area (Å²) in [6.45, 7) is 1.50. The first kappa shape index (κ1) is 14.4. The molecule has 0 aliphatic heterocycles. The predicted molar refractivity (Wildman–Crippen MR) is 69.8 cm³/mol. The van der Waals surface area contributed by atoms with Gasteiger partial charge in [-0.25, -0.2) is 0 Å². The Morgan fingerprint density at radius 3 is 2.89 bits per heavy atom. The van der Waals surface area contributed by atoms with Crippen molar-refractivity contribution in [2.24, 2.45) is 0 Å². The van der Waals surface area contributed by atoms with E-state index < -0.39 is 16.4 Å². The first-order valence-corrected chi connectivity index (χ1v) is 6.23. The Bertz CT molecular complexity index is 488. The third-order valence-corrected chi connectivity index (χ3v) is 2.91. The van der Waals surface area contributed by atoms with E-state index in [0.29, 0.717) is 17.7 Å². The molecule has 0 spiro atoms. The van der Waals surface area contributed by atoms with Crippen LogP contribution in [0.5, 0.6) is 0 Å². The number of nitro benzene ring substituents is 1. The molecule has 0 radical (unpaired) electrons. The molecule has 0 N–H and O–H groups in total. The second-order valence-electron chi connectivity index (χ2n) is 3.50. The van der Waals surface area contributed by atoms with Crippen LogP contribution in [0.15, 0.2) is 24.3 Å². The molecule has 0 amide bonds. The van der Waals surface area contributed by atoms with Gasteiger partial charge in [-0.3, -0.25) is 14.9 Å². The summed E-state index contributed by atoms with van der Waals surface area (Å²) in [5.41, 5.74) is 0.0335. The molecule has 0 aliphatic carbocycles. The third-order valence-electron chi connectivity index (χ3n) is 2.07. The molecule has 1 aromatic rings. The number of rotatable bonds is 5. The molecule has 1 rings (SSSR count). The van der Waals surface area contributed by atoms with Crippen LogP contribution in [-0.4, -0.2) is 15.8 Å². The number of hydrogen-bond acceptors (Lipinski definition) is 4. The van der Waals surface area contributed by atoms with Gasteiger partial charge in [-0.15, -0.1) is 0 Å². The van der Waals surface area contributed by atoms with Crippen LogP contribution < -0.4 is 0 Å². The molecule has 4 nitrogen and oxygen atoms in total. The minimum Gasteiger partial charge on any atom is -0.288 e. The molecule has 6 heteroatoms. The molecule has 0 bridgehead atoms. The quantitative estimate of drug-likeness (QED) is 0.467. The maximum absolute atomic E-state index is 13.0. The fourth-order valence-electron chi connectivity index (χ4n) is 1.26. The predicted octanol–water partition coefficient (Wildman–Crippen LogP) is 3.42. The zero-order valence-electron chi connectivity index (χ0n) is 9.76. The van der Waals surface area contributed by atoms with Crippen molar-refractivity contribution in [3.63, 3.8) is 0 Å². The monoisotopic (exact) mass is 269 g/mol. The zero-order valence-corrected chi connectivity index (χ0v) is 10.6. The molecule has 0 heterocycles. The summed E-state index contributed by atoms with van der Waals surface area (Å²) in [6.07, 6.45) is 4.15. The van der Waals surface area contributed by atoms with Crippen molar-refractivity contribution in [3.8, 4) is 0 Å². The van der Waals surface area contributed by atoms with Gasteiger partial charge in [-0.2, -0.15) is 4.39 Å². The lowest BCUT2D eigenvalue weighted by molar-refractivity contribution is -0.387. The standard InChI is InChI=1S/C12H12FNO3S/c1-9(15)18-7-3-2-4-10-5-6-11(13)12(8-10)14(16)17/h2,4-6,8H,3,7H2,1H3. The molecule has 0 atom stereocenters. The first-order chi connectivity index (χ1) is 8.50. The smallest absolute Gasteiger partial charge is 0.288 e. The second kappa shape index (κ2) is 6.90. The largest absolute Gasteiger partial charge is 0.305 e. The Morgan fingerprint density at radius 2 is 2.28 bits per heavy atom. The van der Waals surface area contributed by atoms with E-state index in [4.69, 9.17) is 0 Å². The van der Waals surface area contributed by atoms with Gasteiger partial charge in [0.2, 0.25) is 5.82 Å². The van der Waals surface area contributed by atoms with E-state index in [2.05, 4.69) is 0 Å². The molecule has 0 aliphatic rings. The van der Waals surface area contributed by atoms with Crippen LogP contribution in [0.1, 0.15) is 18.9 Å². The Labute approximate surface area is 108 Å². The van der Waals surface area contributed by atoms with Gasteiger partial charge in [0.05, 0.1) is 4.92 Å². The minimum absolute atomic E-state index is 0.0563. The summed E-state index contributed by atoms with van der Waals surface area (Å²) in [7, 11) is 0. The van der Waals surface area contributed by atoms with Crippen LogP contribution in [0, 0.1) is 15.9 Å². The van der Waals surface area contributed by atoms with E-state index >= 15 is 0 Å². The number of carbonyl (C=O) groups is 1. The molecule has 0 aromatic heterocycles. The van der Waals surface area contributed by atoms with Crippen molar-refractivity contribution in [1.29, 1.82) is 0 Å². The van der Waals surface area contributed by atoms with Crippen LogP contribution in [-0.2, 0) is 4.79 Å². The van der Waals surface area contributed by atoms with Gasteiger partial charge in [0, 0.05) is 18.7 Å². The van der Waals surface area contributed by atoms with Crippen molar-refractivity contribution >= 4 is 28.6 Å². The Kier molecular flexibility index (Phi) is 5.51. The number of carbonyl (C=O) groups excluding carboxylic acids is 1. The van der Waals surface area contributed by atoms with Crippen LogP contribution >= 0.6 is 11.8 Å². The summed E-state index contributed by atoms with van der Waals surface area (Å²) in [4.78, 5) is 20.4. The molecule has 96 valence electrons. The van der Waals surface area contributed by atoms with Gasteiger partial charge in [0.1, 0.15) is 0 Å². The number of benzene rings is 1. The van der Waals surface area contributed by atoms with Gasteiger partial charge >= 0.3 is 5.69 Å². The number of nitrogens with zero attached hydrogens (tertiary/aromatic N) is 1. The van der Waals surface area contributed by atoms with Crippen molar-refractivity contribution in [3.05, 3.63) is 45.8 Å². The average Bonchev–Trinajstić information content (AvgIpc) is 2.30. The fraction of sp³-hybridized carbons (Fsp3) is 0.250. The lowest BCUT2D eigenvalue weighted by Gasteiger charge is -1.96. The summed E-state index contributed by atoms with van der Waals surface area (Å²) in [6, 6.07) is 3.73. The first-order valence-electron chi connectivity index (χ1n) is 5.24. The molecule has 0 saturated carbocycles. The van der Waals surface area contributed by atoms with Gasteiger partial charge in [-0.1, -0.05) is 30.0 Å².